The molecule has 1 aromatic carbocycles. The van der Waals surface area contributed by atoms with Crippen LogP contribution in [0.1, 0.15) is 63.0 Å². The molecule has 198 valence electrons. The van der Waals surface area contributed by atoms with Crippen LogP contribution in [0.2, 0.25) is 5.15 Å². The van der Waals surface area contributed by atoms with Gasteiger partial charge in [-0.3, -0.25) is 14.2 Å². The zero-order valence-corrected chi connectivity index (χ0v) is 23.6. The Morgan fingerprint density at radius 3 is 2.71 bits per heavy atom. The molecule has 2 bridgehead atoms. The summed E-state index contributed by atoms with van der Waals surface area (Å²) in [5.41, 5.74) is 7.02. The van der Waals surface area contributed by atoms with Gasteiger partial charge < -0.3 is 10.1 Å². The maximum atomic E-state index is 12.9. The van der Waals surface area contributed by atoms with Gasteiger partial charge in [0.25, 0.3) is 0 Å². The van der Waals surface area contributed by atoms with Crippen molar-refractivity contribution in [2.75, 3.05) is 5.32 Å². The molecule has 1 aliphatic heterocycles. The lowest BCUT2D eigenvalue weighted by molar-refractivity contribution is -0.123. The van der Waals surface area contributed by atoms with Crippen molar-refractivity contribution in [3.8, 4) is 28.3 Å². The normalized spacial score (nSPS) is 14.9. The van der Waals surface area contributed by atoms with Crippen LogP contribution >= 0.6 is 11.6 Å². The van der Waals surface area contributed by atoms with Crippen molar-refractivity contribution in [2.45, 2.75) is 60.6 Å². The first-order valence-electron chi connectivity index (χ1n) is 12.8. The molecule has 1 N–H and O–H groups in total. The molecule has 4 heterocycles. The van der Waals surface area contributed by atoms with Crippen LogP contribution in [0.25, 0.3) is 22.5 Å². The monoisotopic (exact) mass is 532 g/mol. The Kier molecular flexibility index (Phi) is 6.55. The summed E-state index contributed by atoms with van der Waals surface area (Å²) in [5, 5.41) is 12.9. The molecular weight excluding hydrogens is 500 g/mol. The predicted octanol–water partition coefficient (Wildman–Crippen LogP) is 6.36. The predicted molar refractivity (Wildman–Crippen MR) is 149 cm³/mol. The van der Waals surface area contributed by atoms with Crippen molar-refractivity contribution in [3.05, 3.63) is 64.1 Å². The number of amides is 1. The Morgan fingerprint density at radius 2 is 2.00 bits per heavy atom. The Balaban J connectivity index is 1.78. The smallest absolute Gasteiger partial charge is 0.231 e. The molecule has 0 saturated carbocycles. The average molecular weight is 533 g/mol. The first-order valence-corrected chi connectivity index (χ1v) is 13.2. The maximum absolute atomic E-state index is 12.9. The molecule has 0 fully saturated rings. The number of nitrogens with one attached hydrogen (secondary N) is 1. The van der Waals surface area contributed by atoms with Gasteiger partial charge in [-0.15, -0.1) is 0 Å². The standard InChI is InChI=1S/C29H33ClN6O2/c1-8-36-25-18-13-23(27(31-14-18)32-28(37)29(4,5)6)38-17(3)21-11-16(2)9-10-20(21)24-19(15-35(7)33-24)12-22(25)26(30)34-36/h9-11,13-15,17H,8,12H2,1-7H3,(H,31,32,37)/t17-/m1/s1. The molecule has 0 unspecified atom stereocenters. The highest BCUT2D eigenvalue weighted by Gasteiger charge is 2.28. The van der Waals surface area contributed by atoms with Gasteiger partial charge in [-0.1, -0.05) is 56.1 Å². The molecule has 8 nitrogen and oxygen atoms in total. The Hall–Kier alpha value is -3.65. The minimum Gasteiger partial charge on any atom is -0.482 e. The highest BCUT2D eigenvalue weighted by molar-refractivity contribution is 6.30. The van der Waals surface area contributed by atoms with Crippen LogP contribution in [0.4, 0.5) is 5.82 Å². The number of carbonyl (C=O) groups is 1. The minimum atomic E-state index is -0.593. The molecule has 0 aliphatic carbocycles. The number of aryl methyl sites for hydroxylation is 3. The van der Waals surface area contributed by atoms with E-state index in [4.69, 9.17) is 21.4 Å². The SMILES string of the molecule is CCn1nc(Cl)c2c1-c1cnc(NC(=O)C(C)(C)C)c(c1)O[C@H](C)c1cc(C)ccc1-c1nn(C)cc1C2. The van der Waals surface area contributed by atoms with Gasteiger partial charge in [0, 0.05) is 65.6 Å². The highest BCUT2D eigenvalue weighted by Crippen LogP contribution is 2.40. The van der Waals surface area contributed by atoms with E-state index in [1.807, 2.05) is 63.3 Å². The molecule has 0 saturated heterocycles. The number of carbonyl (C=O) groups excluding carboxylic acids is 1. The fourth-order valence-corrected chi connectivity index (χ4v) is 5.05. The maximum Gasteiger partial charge on any atom is 0.231 e. The number of benzene rings is 1. The van der Waals surface area contributed by atoms with Gasteiger partial charge in [0.15, 0.2) is 16.7 Å². The number of rotatable bonds is 2. The van der Waals surface area contributed by atoms with E-state index < -0.39 is 5.41 Å². The van der Waals surface area contributed by atoms with Crippen molar-refractivity contribution in [3.63, 3.8) is 0 Å². The zero-order chi connectivity index (χ0) is 27.4. The number of fused-ring (bicyclic) bond motifs is 7. The summed E-state index contributed by atoms with van der Waals surface area (Å²) in [6.45, 7) is 12.3. The molecule has 5 rings (SSSR count). The summed E-state index contributed by atoms with van der Waals surface area (Å²) in [6.07, 6.45) is 3.99. The van der Waals surface area contributed by atoms with E-state index in [9.17, 15) is 4.79 Å². The summed E-state index contributed by atoms with van der Waals surface area (Å²) >= 11 is 6.75. The van der Waals surface area contributed by atoms with Crippen molar-refractivity contribution in [1.29, 1.82) is 0 Å². The third-order valence-corrected chi connectivity index (χ3v) is 7.12. The van der Waals surface area contributed by atoms with Gasteiger partial charge in [-0.05, 0) is 26.8 Å². The van der Waals surface area contributed by atoms with Crippen LogP contribution in [-0.4, -0.2) is 30.5 Å². The van der Waals surface area contributed by atoms with Gasteiger partial charge in [-0.25, -0.2) is 4.98 Å². The molecule has 1 aliphatic rings. The van der Waals surface area contributed by atoms with Crippen molar-refractivity contribution < 1.29 is 9.53 Å². The quantitative estimate of drug-likeness (QED) is 0.325. The molecule has 0 spiro atoms. The molecule has 4 aromatic rings. The largest absolute Gasteiger partial charge is 0.482 e. The van der Waals surface area contributed by atoms with Crippen molar-refractivity contribution >= 4 is 23.3 Å². The average Bonchev–Trinajstić information content (AvgIpc) is 3.37. The number of aromatic nitrogens is 5. The van der Waals surface area contributed by atoms with Crippen molar-refractivity contribution in [1.82, 2.24) is 24.5 Å². The molecule has 3 aromatic heterocycles. The van der Waals surface area contributed by atoms with E-state index in [1.54, 1.807) is 6.20 Å². The first-order chi connectivity index (χ1) is 18.0. The highest BCUT2D eigenvalue weighted by atomic mass is 35.5. The van der Waals surface area contributed by atoms with Crippen LogP contribution in [0.3, 0.4) is 0 Å². The van der Waals surface area contributed by atoms with E-state index >= 15 is 0 Å². The molecule has 9 heteroatoms. The molecular formula is C29H33ClN6O2. The Morgan fingerprint density at radius 1 is 1.24 bits per heavy atom. The van der Waals surface area contributed by atoms with Crippen LogP contribution in [0, 0.1) is 12.3 Å². The van der Waals surface area contributed by atoms with Crippen LogP contribution in [0.15, 0.2) is 36.7 Å². The number of pyridine rings is 1. The number of anilines is 1. The number of hydrogen-bond acceptors (Lipinski definition) is 5. The molecule has 1 atom stereocenters. The second kappa shape index (κ2) is 9.58. The van der Waals surface area contributed by atoms with Crippen molar-refractivity contribution in [2.24, 2.45) is 12.5 Å². The van der Waals surface area contributed by atoms with E-state index in [0.717, 1.165) is 44.8 Å². The second-order valence-electron chi connectivity index (χ2n) is 10.9. The topological polar surface area (TPSA) is 86.9 Å². The van der Waals surface area contributed by atoms with Crippen LogP contribution in [0.5, 0.6) is 5.75 Å². The van der Waals surface area contributed by atoms with Gasteiger partial charge in [0.2, 0.25) is 5.91 Å². The van der Waals surface area contributed by atoms with Gasteiger partial charge in [0.05, 0.1) is 11.4 Å². The number of hydrogen-bond donors (Lipinski definition) is 1. The second-order valence-corrected chi connectivity index (χ2v) is 11.3. The summed E-state index contributed by atoms with van der Waals surface area (Å²) < 4.78 is 10.3. The van der Waals surface area contributed by atoms with E-state index in [-0.39, 0.29) is 12.0 Å². The summed E-state index contributed by atoms with van der Waals surface area (Å²) in [7, 11) is 1.92. The lowest BCUT2D eigenvalue weighted by atomic mass is 9.93. The Bertz CT molecular complexity index is 1550. The van der Waals surface area contributed by atoms with E-state index in [1.165, 1.54) is 0 Å². The first kappa shape index (κ1) is 26.0. The minimum absolute atomic E-state index is 0.145. The fourth-order valence-electron chi connectivity index (χ4n) is 4.80. The molecule has 38 heavy (non-hydrogen) atoms. The Labute approximate surface area is 228 Å². The summed E-state index contributed by atoms with van der Waals surface area (Å²) in [6, 6.07) is 8.23. The van der Waals surface area contributed by atoms with E-state index in [2.05, 4.69) is 40.5 Å². The molecule has 0 radical (unpaired) electrons. The number of ether oxygens (including phenoxy) is 1. The van der Waals surface area contributed by atoms with Crippen LogP contribution < -0.4 is 10.1 Å². The lowest BCUT2D eigenvalue weighted by Gasteiger charge is -2.23. The number of halogens is 1. The van der Waals surface area contributed by atoms with Gasteiger partial charge >= 0.3 is 0 Å². The summed E-state index contributed by atoms with van der Waals surface area (Å²) in [4.78, 5) is 17.6. The fraction of sp³-hybridized carbons (Fsp3) is 0.379. The third kappa shape index (κ3) is 4.69. The lowest BCUT2D eigenvalue weighted by Crippen LogP contribution is -2.28. The van der Waals surface area contributed by atoms with Crippen LogP contribution in [-0.2, 0) is 24.8 Å². The van der Waals surface area contributed by atoms with Gasteiger partial charge in [-0.2, -0.15) is 10.2 Å². The third-order valence-electron chi connectivity index (χ3n) is 6.82. The zero-order valence-electron chi connectivity index (χ0n) is 22.9. The summed E-state index contributed by atoms with van der Waals surface area (Å²) in [5.74, 6) is 0.710. The van der Waals surface area contributed by atoms with E-state index in [0.29, 0.717) is 29.7 Å². The number of nitrogens with zero attached hydrogens (tertiary/aromatic N) is 5. The molecule has 1 amide bonds. The van der Waals surface area contributed by atoms with Gasteiger partial charge in [0.1, 0.15) is 6.10 Å².